The van der Waals surface area contributed by atoms with Crippen LogP contribution >= 0.6 is 11.8 Å². The van der Waals surface area contributed by atoms with Crippen LogP contribution in [0.5, 0.6) is 5.75 Å². The summed E-state index contributed by atoms with van der Waals surface area (Å²) in [5, 5.41) is 13.1. The molecule has 1 aliphatic rings. The van der Waals surface area contributed by atoms with Crippen LogP contribution in [0.4, 0.5) is 5.82 Å². The molecule has 3 N–H and O–H groups in total. The number of phenolic OH excluding ortho intramolecular Hbond substituents is 1. The summed E-state index contributed by atoms with van der Waals surface area (Å²) in [6.45, 7) is 0. The number of rotatable bonds is 2. The third-order valence-electron chi connectivity index (χ3n) is 3.43. The van der Waals surface area contributed by atoms with Crippen molar-refractivity contribution < 1.29 is 9.90 Å². The van der Waals surface area contributed by atoms with Crippen LogP contribution in [0.3, 0.4) is 0 Å². The number of nitrogens with zero attached hydrogens (tertiary/aromatic N) is 1. The quantitative estimate of drug-likeness (QED) is 0.579. The van der Waals surface area contributed by atoms with Crippen molar-refractivity contribution in [3.05, 3.63) is 45.7 Å². The molecule has 2 aromatic rings. The third-order valence-corrected chi connectivity index (χ3v) is 4.01. The van der Waals surface area contributed by atoms with Crippen LogP contribution in [0, 0.1) is 0 Å². The number of amides is 1. The average Bonchev–Trinajstić information content (AvgIpc) is 2.46. The fourth-order valence-electron chi connectivity index (χ4n) is 2.50. The summed E-state index contributed by atoms with van der Waals surface area (Å²) in [6.07, 6.45) is 1.89. The number of carbonyl (C=O) groups excluding carboxylic acids is 1. The van der Waals surface area contributed by atoms with Gasteiger partial charge in [-0.1, -0.05) is 30.0 Å². The Kier molecular flexibility index (Phi) is 3.42. The predicted molar refractivity (Wildman–Crippen MR) is 79.8 cm³/mol. The first-order chi connectivity index (χ1) is 10.1. The predicted octanol–water partition coefficient (Wildman–Crippen LogP) is 1.67. The summed E-state index contributed by atoms with van der Waals surface area (Å²) in [5.74, 6) is -0.382. The number of anilines is 1. The number of hydrogen-bond donors (Lipinski definition) is 3. The Morgan fingerprint density at radius 1 is 1.33 bits per heavy atom. The van der Waals surface area contributed by atoms with Crippen LogP contribution in [-0.2, 0) is 4.79 Å². The number of carbonyl (C=O) groups is 1. The molecule has 1 aromatic carbocycles. The molecule has 0 saturated carbocycles. The number of thioether (sulfide) groups is 1. The van der Waals surface area contributed by atoms with Gasteiger partial charge in [-0.2, -0.15) is 0 Å². The van der Waals surface area contributed by atoms with Crippen molar-refractivity contribution in [2.24, 2.45) is 0 Å². The monoisotopic (exact) mass is 303 g/mol. The van der Waals surface area contributed by atoms with Gasteiger partial charge in [-0.15, -0.1) is 0 Å². The minimum absolute atomic E-state index is 0.0662. The average molecular weight is 303 g/mol. The molecule has 7 heteroatoms. The van der Waals surface area contributed by atoms with E-state index in [1.165, 1.54) is 11.8 Å². The highest BCUT2D eigenvalue weighted by Crippen LogP contribution is 2.37. The summed E-state index contributed by atoms with van der Waals surface area (Å²) < 4.78 is 0. The molecule has 0 unspecified atom stereocenters. The summed E-state index contributed by atoms with van der Waals surface area (Å²) in [5.41, 5.74) is 0.643. The Labute approximate surface area is 124 Å². The minimum atomic E-state index is -0.498. The van der Waals surface area contributed by atoms with E-state index in [0.29, 0.717) is 16.3 Å². The highest BCUT2D eigenvalue weighted by Gasteiger charge is 2.32. The smallest absolute Gasteiger partial charge is 0.257 e. The van der Waals surface area contributed by atoms with E-state index in [1.807, 2.05) is 0 Å². The summed E-state index contributed by atoms with van der Waals surface area (Å²) in [4.78, 5) is 31.1. The number of benzene rings is 1. The van der Waals surface area contributed by atoms with Gasteiger partial charge in [-0.3, -0.25) is 9.59 Å². The van der Waals surface area contributed by atoms with E-state index in [1.54, 1.807) is 30.5 Å². The van der Waals surface area contributed by atoms with Crippen molar-refractivity contribution in [1.82, 2.24) is 9.97 Å². The Balaban J connectivity index is 2.21. The fraction of sp³-hybridized carbons (Fsp3) is 0.214. The molecule has 108 valence electrons. The lowest BCUT2D eigenvalue weighted by Crippen LogP contribution is -2.31. The van der Waals surface area contributed by atoms with Gasteiger partial charge in [-0.05, 0) is 12.3 Å². The molecule has 3 rings (SSSR count). The number of aromatic nitrogens is 2. The number of para-hydroxylation sites is 1. The largest absolute Gasteiger partial charge is 0.508 e. The maximum Gasteiger partial charge on any atom is 0.257 e. The SMILES string of the molecule is CSc1nc2c(c(=O)[nH]1)[C@@H](c1ccccc1O)CC(=O)N2. The molecule has 6 nitrogen and oxygen atoms in total. The van der Waals surface area contributed by atoms with Crippen molar-refractivity contribution in [2.75, 3.05) is 11.6 Å². The van der Waals surface area contributed by atoms with Crippen molar-refractivity contribution in [1.29, 1.82) is 0 Å². The van der Waals surface area contributed by atoms with Crippen molar-refractivity contribution in [3.63, 3.8) is 0 Å². The number of phenols is 1. The second-order valence-electron chi connectivity index (χ2n) is 4.70. The lowest BCUT2D eigenvalue weighted by molar-refractivity contribution is -0.116. The van der Waals surface area contributed by atoms with Crippen LogP contribution in [0.2, 0.25) is 0 Å². The Morgan fingerprint density at radius 2 is 2.10 bits per heavy atom. The van der Waals surface area contributed by atoms with E-state index in [9.17, 15) is 14.7 Å². The number of hydrogen-bond acceptors (Lipinski definition) is 5. The van der Waals surface area contributed by atoms with E-state index >= 15 is 0 Å². The van der Waals surface area contributed by atoms with E-state index in [0.717, 1.165) is 0 Å². The Hall–Kier alpha value is -2.28. The zero-order chi connectivity index (χ0) is 15.0. The van der Waals surface area contributed by atoms with Crippen molar-refractivity contribution in [2.45, 2.75) is 17.5 Å². The van der Waals surface area contributed by atoms with E-state index in [2.05, 4.69) is 15.3 Å². The maximum atomic E-state index is 12.3. The second kappa shape index (κ2) is 5.25. The van der Waals surface area contributed by atoms with Gasteiger partial charge >= 0.3 is 0 Å². The second-order valence-corrected chi connectivity index (χ2v) is 5.50. The van der Waals surface area contributed by atoms with Crippen LogP contribution in [0.15, 0.2) is 34.2 Å². The summed E-state index contributed by atoms with van der Waals surface area (Å²) in [6, 6.07) is 6.71. The number of aromatic hydroxyl groups is 1. The van der Waals surface area contributed by atoms with E-state index < -0.39 is 5.92 Å². The lowest BCUT2D eigenvalue weighted by Gasteiger charge is -2.24. The molecule has 0 bridgehead atoms. The lowest BCUT2D eigenvalue weighted by atomic mass is 9.86. The van der Waals surface area contributed by atoms with Gasteiger partial charge in [0.1, 0.15) is 11.6 Å². The molecule has 21 heavy (non-hydrogen) atoms. The zero-order valence-electron chi connectivity index (χ0n) is 11.2. The third kappa shape index (κ3) is 2.40. The molecule has 1 aromatic heterocycles. The van der Waals surface area contributed by atoms with Crippen LogP contribution in [0.25, 0.3) is 0 Å². The van der Waals surface area contributed by atoms with Crippen molar-refractivity contribution in [3.8, 4) is 5.75 Å². The Morgan fingerprint density at radius 3 is 2.81 bits per heavy atom. The highest BCUT2D eigenvalue weighted by molar-refractivity contribution is 7.98. The normalized spacial score (nSPS) is 17.2. The van der Waals surface area contributed by atoms with Gasteiger partial charge < -0.3 is 15.4 Å². The first kappa shape index (κ1) is 13.7. The molecule has 0 fully saturated rings. The zero-order valence-corrected chi connectivity index (χ0v) is 12.0. The maximum absolute atomic E-state index is 12.3. The number of fused-ring (bicyclic) bond motifs is 1. The van der Waals surface area contributed by atoms with Gasteiger partial charge in [0.05, 0.1) is 5.56 Å². The van der Waals surface area contributed by atoms with Crippen LogP contribution in [-0.4, -0.2) is 27.2 Å². The van der Waals surface area contributed by atoms with Gasteiger partial charge in [0.25, 0.3) is 5.56 Å². The fourth-order valence-corrected chi connectivity index (χ4v) is 2.87. The minimum Gasteiger partial charge on any atom is -0.508 e. The molecule has 0 radical (unpaired) electrons. The van der Waals surface area contributed by atoms with Gasteiger partial charge in [-0.25, -0.2) is 4.98 Å². The van der Waals surface area contributed by atoms with E-state index in [4.69, 9.17) is 0 Å². The van der Waals surface area contributed by atoms with Gasteiger partial charge in [0, 0.05) is 17.9 Å². The Bertz CT molecular complexity index is 772. The number of nitrogens with one attached hydrogen (secondary N) is 2. The molecular weight excluding hydrogens is 290 g/mol. The van der Waals surface area contributed by atoms with Gasteiger partial charge in [0.15, 0.2) is 5.16 Å². The highest BCUT2D eigenvalue weighted by atomic mass is 32.2. The first-order valence-electron chi connectivity index (χ1n) is 6.36. The molecular formula is C14H13N3O3S. The van der Waals surface area contributed by atoms with Gasteiger partial charge in [0.2, 0.25) is 5.91 Å². The molecule has 1 aliphatic heterocycles. The number of H-pyrrole nitrogens is 1. The summed E-state index contributed by atoms with van der Waals surface area (Å²) in [7, 11) is 0. The molecule has 0 saturated heterocycles. The topological polar surface area (TPSA) is 95.1 Å². The van der Waals surface area contributed by atoms with Crippen molar-refractivity contribution >= 4 is 23.5 Å². The van der Waals surface area contributed by atoms with Crippen LogP contribution < -0.4 is 10.9 Å². The summed E-state index contributed by atoms with van der Waals surface area (Å²) >= 11 is 1.29. The van der Waals surface area contributed by atoms with Crippen LogP contribution in [0.1, 0.15) is 23.5 Å². The molecule has 0 aliphatic carbocycles. The number of aromatic amines is 1. The first-order valence-corrected chi connectivity index (χ1v) is 7.58. The standard InChI is InChI=1S/C14H13N3O3S/c1-21-14-16-12-11(13(20)17-14)8(6-10(19)15-12)7-4-2-3-5-9(7)18/h2-5,8,18H,6H2,1H3,(H2,15,16,17,19,20)/t8-/m1/s1. The molecule has 1 amide bonds. The molecule has 2 heterocycles. The molecule has 1 atom stereocenters. The van der Waals surface area contributed by atoms with E-state index in [-0.39, 0.29) is 29.5 Å². The molecule has 0 spiro atoms.